The van der Waals surface area contributed by atoms with Crippen LogP contribution >= 0.6 is 11.6 Å². The number of aryl methyl sites for hydroxylation is 1. The fourth-order valence-corrected chi connectivity index (χ4v) is 6.50. The van der Waals surface area contributed by atoms with E-state index in [1.165, 1.54) is 24.4 Å². The van der Waals surface area contributed by atoms with E-state index in [4.69, 9.17) is 11.6 Å². The molecular weight excluding hydrogens is 272 g/mol. The first-order chi connectivity index (χ1) is 8.38. The molecule has 0 bridgehead atoms. The molecule has 0 aliphatic heterocycles. The SMILES string of the molecule is CCCC[Si](CCl)c1cc(C)cc([Si](C)(C)C)c1. The van der Waals surface area contributed by atoms with Crippen molar-refractivity contribution in [2.24, 2.45) is 0 Å². The van der Waals surface area contributed by atoms with Gasteiger partial charge in [0, 0.05) is 5.50 Å². The fourth-order valence-electron chi connectivity index (χ4n) is 2.10. The van der Waals surface area contributed by atoms with Crippen LogP contribution in [0.25, 0.3) is 0 Å². The van der Waals surface area contributed by atoms with Crippen LogP contribution in [-0.4, -0.2) is 22.4 Å². The third-order valence-corrected chi connectivity index (χ3v) is 8.72. The van der Waals surface area contributed by atoms with Gasteiger partial charge in [0.1, 0.15) is 8.80 Å². The molecule has 1 aromatic rings. The van der Waals surface area contributed by atoms with Crippen LogP contribution in [0.3, 0.4) is 0 Å². The maximum atomic E-state index is 6.21. The Morgan fingerprint density at radius 1 is 1.17 bits per heavy atom. The average molecular weight is 298 g/mol. The summed E-state index contributed by atoms with van der Waals surface area (Å²) in [5, 5.41) is 3.14. The molecule has 0 aromatic heterocycles. The molecule has 18 heavy (non-hydrogen) atoms. The summed E-state index contributed by atoms with van der Waals surface area (Å²) < 4.78 is 0. The molecule has 0 atom stereocenters. The summed E-state index contributed by atoms with van der Waals surface area (Å²) >= 11 is 6.21. The summed E-state index contributed by atoms with van der Waals surface area (Å²) in [4.78, 5) is 0. The van der Waals surface area contributed by atoms with E-state index in [9.17, 15) is 0 Å². The highest BCUT2D eigenvalue weighted by molar-refractivity contribution is 6.89. The molecule has 1 aromatic carbocycles. The van der Waals surface area contributed by atoms with Gasteiger partial charge in [0.05, 0.1) is 8.07 Å². The minimum absolute atomic E-state index is 0.540. The van der Waals surface area contributed by atoms with Gasteiger partial charge in [0.25, 0.3) is 0 Å². The zero-order valence-electron chi connectivity index (χ0n) is 12.4. The third-order valence-electron chi connectivity index (χ3n) is 3.35. The zero-order chi connectivity index (χ0) is 13.8. The van der Waals surface area contributed by atoms with E-state index in [-0.39, 0.29) is 0 Å². The molecule has 0 unspecified atom stereocenters. The Morgan fingerprint density at radius 3 is 2.33 bits per heavy atom. The molecule has 0 N–H and O–H groups in total. The molecule has 3 heteroatoms. The van der Waals surface area contributed by atoms with Crippen molar-refractivity contribution in [1.29, 1.82) is 0 Å². The lowest BCUT2D eigenvalue weighted by molar-refractivity contribution is 0.876. The smallest absolute Gasteiger partial charge is 0.102 e. The second-order valence-corrected chi connectivity index (χ2v) is 14.6. The van der Waals surface area contributed by atoms with Crippen LogP contribution in [0, 0.1) is 6.92 Å². The third kappa shape index (κ3) is 4.56. The molecule has 0 aliphatic carbocycles. The summed E-state index contributed by atoms with van der Waals surface area (Å²) in [6.45, 7) is 11.7. The van der Waals surface area contributed by atoms with Crippen LogP contribution in [-0.2, 0) is 0 Å². The number of alkyl halides is 1. The molecule has 101 valence electrons. The maximum Gasteiger partial charge on any atom is 0.102 e. The van der Waals surface area contributed by atoms with E-state index in [2.05, 4.69) is 51.7 Å². The first-order valence-corrected chi connectivity index (χ1v) is 12.9. The summed E-state index contributed by atoms with van der Waals surface area (Å²) in [7, 11) is -1.75. The lowest BCUT2D eigenvalue weighted by atomic mass is 10.2. The monoisotopic (exact) mass is 297 g/mol. The minimum Gasteiger partial charge on any atom is -0.130 e. The number of hydrogen-bond acceptors (Lipinski definition) is 0. The number of halogens is 1. The Labute approximate surface area is 120 Å². The van der Waals surface area contributed by atoms with Crippen molar-refractivity contribution in [3.05, 3.63) is 23.8 Å². The largest absolute Gasteiger partial charge is 0.130 e. The van der Waals surface area contributed by atoms with Gasteiger partial charge in [-0.15, -0.1) is 11.6 Å². The molecular formula is C15H26ClSi2. The Balaban J connectivity index is 3.04. The van der Waals surface area contributed by atoms with Crippen molar-refractivity contribution in [2.45, 2.75) is 52.4 Å². The molecule has 0 spiro atoms. The lowest BCUT2D eigenvalue weighted by Gasteiger charge is -2.21. The van der Waals surface area contributed by atoms with Crippen LogP contribution in [0.15, 0.2) is 18.2 Å². The number of hydrogen-bond donors (Lipinski definition) is 0. The molecule has 0 heterocycles. The zero-order valence-corrected chi connectivity index (χ0v) is 15.2. The van der Waals surface area contributed by atoms with Gasteiger partial charge in [-0.1, -0.05) is 79.6 Å². The molecule has 1 rings (SSSR count). The highest BCUT2D eigenvalue weighted by Crippen LogP contribution is 2.08. The summed E-state index contributed by atoms with van der Waals surface area (Å²) in [5.74, 6) is 0. The maximum absolute atomic E-state index is 6.21. The second kappa shape index (κ2) is 6.92. The van der Waals surface area contributed by atoms with Crippen molar-refractivity contribution in [1.82, 2.24) is 0 Å². The van der Waals surface area contributed by atoms with E-state index in [0.717, 1.165) is 5.50 Å². The average Bonchev–Trinajstić information content (AvgIpc) is 2.28. The Kier molecular flexibility index (Phi) is 6.15. The summed E-state index contributed by atoms with van der Waals surface area (Å²) in [5.41, 5.74) is 2.26. The van der Waals surface area contributed by atoms with Crippen LogP contribution in [0.1, 0.15) is 25.3 Å². The number of unbranched alkanes of at least 4 members (excludes halogenated alkanes) is 1. The quantitative estimate of drug-likeness (QED) is 0.553. The van der Waals surface area contributed by atoms with Gasteiger partial charge < -0.3 is 0 Å². The van der Waals surface area contributed by atoms with E-state index in [1.807, 2.05) is 0 Å². The lowest BCUT2D eigenvalue weighted by Crippen LogP contribution is -2.43. The first-order valence-electron chi connectivity index (χ1n) is 6.91. The van der Waals surface area contributed by atoms with E-state index < -0.39 is 16.9 Å². The Morgan fingerprint density at radius 2 is 1.83 bits per heavy atom. The van der Waals surface area contributed by atoms with Gasteiger partial charge in [-0.05, 0) is 6.92 Å². The number of benzene rings is 1. The van der Waals surface area contributed by atoms with Crippen molar-refractivity contribution < 1.29 is 0 Å². The topological polar surface area (TPSA) is 0 Å². The minimum atomic E-state index is -1.21. The fraction of sp³-hybridized carbons (Fsp3) is 0.600. The van der Waals surface area contributed by atoms with Gasteiger partial charge in [-0.25, -0.2) is 0 Å². The van der Waals surface area contributed by atoms with Gasteiger partial charge >= 0.3 is 0 Å². The Hall–Kier alpha value is -0.0562. The van der Waals surface area contributed by atoms with Crippen LogP contribution in [0.2, 0.25) is 25.7 Å². The highest BCUT2D eigenvalue weighted by atomic mass is 35.5. The van der Waals surface area contributed by atoms with Gasteiger partial charge in [-0.3, -0.25) is 0 Å². The molecule has 0 saturated carbocycles. The second-order valence-electron chi connectivity index (χ2n) is 6.18. The van der Waals surface area contributed by atoms with E-state index >= 15 is 0 Å². The molecule has 0 nitrogen and oxygen atoms in total. The van der Waals surface area contributed by atoms with Crippen LogP contribution in [0.5, 0.6) is 0 Å². The van der Waals surface area contributed by atoms with E-state index in [1.54, 1.807) is 10.4 Å². The van der Waals surface area contributed by atoms with Crippen molar-refractivity contribution in [2.75, 3.05) is 5.50 Å². The summed E-state index contributed by atoms with van der Waals surface area (Å²) in [6.07, 6.45) is 2.59. The molecule has 0 saturated heterocycles. The van der Waals surface area contributed by atoms with Crippen LogP contribution < -0.4 is 10.4 Å². The molecule has 0 aliphatic rings. The molecule has 0 fully saturated rings. The standard InChI is InChI=1S/C15H26ClSi2/c1-6-7-8-17(12-16)14-9-13(2)10-15(11-14)18(3,4)5/h9-11H,6-8,12H2,1-5H3. The normalized spacial score (nSPS) is 12.2. The predicted octanol–water partition coefficient (Wildman–Crippen LogP) is 3.82. The molecule has 0 amide bonds. The van der Waals surface area contributed by atoms with Crippen LogP contribution in [0.4, 0.5) is 0 Å². The number of rotatable bonds is 6. The summed E-state index contributed by atoms with van der Waals surface area (Å²) in [6, 6.07) is 8.53. The van der Waals surface area contributed by atoms with Gasteiger partial charge in [0.15, 0.2) is 0 Å². The van der Waals surface area contributed by atoms with Crippen molar-refractivity contribution in [3.63, 3.8) is 0 Å². The van der Waals surface area contributed by atoms with Crippen molar-refractivity contribution in [3.8, 4) is 0 Å². The van der Waals surface area contributed by atoms with Crippen molar-refractivity contribution >= 4 is 38.8 Å². The Bertz CT molecular complexity index is 383. The predicted molar refractivity (Wildman–Crippen MR) is 90.0 cm³/mol. The van der Waals surface area contributed by atoms with Gasteiger partial charge in [0.2, 0.25) is 0 Å². The van der Waals surface area contributed by atoms with Gasteiger partial charge in [-0.2, -0.15) is 0 Å². The first kappa shape index (κ1) is 16.0. The van der Waals surface area contributed by atoms with E-state index in [0.29, 0.717) is 0 Å². The molecule has 1 radical (unpaired) electrons. The highest BCUT2D eigenvalue weighted by Gasteiger charge is 2.20.